The van der Waals surface area contributed by atoms with Gasteiger partial charge in [-0.1, -0.05) is 30.3 Å². The molecule has 0 amide bonds. The molecule has 4 N–H and O–H groups in total. The Kier molecular flexibility index (Phi) is 3.12. The third kappa shape index (κ3) is 2.56. The predicted molar refractivity (Wildman–Crippen MR) is 75.3 cm³/mol. The predicted octanol–water partition coefficient (Wildman–Crippen LogP) is 1.83. The molecule has 0 aliphatic rings. The Labute approximate surface area is 110 Å². The Bertz CT molecular complexity index is 675. The van der Waals surface area contributed by atoms with Crippen molar-refractivity contribution in [3.05, 3.63) is 53.7 Å². The van der Waals surface area contributed by atoms with Crippen LogP contribution in [0.1, 0.15) is 11.1 Å². The minimum Gasteiger partial charge on any atom is -0.384 e. The van der Waals surface area contributed by atoms with Gasteiger partial charge in [-0.05, 0) is 17.2 Å². The number of H-pyrrole nitrogens is 1. The molecular formula is C14H15N5. The Hall–Kier alpha value is -2.40. The topological polar surface area (TPSA) is 79.6 Å². The lowest BCUT2D eigenvalue weighted by Gasteiger charge is -2.06. The number of nitrogens with one attached hydrogen (secondary N) is 2. The van der Waals surface area contributed by atoms with Gasteiger partial charge in [-0.15, -0.1) is 0 Å². The number of aromatic amines is 1. The van der Waals surface area contributed by atoms with E-state index >= 15 is 0 Å². The van der Waals surface area contributed by atoms with Gasteiger partial charge >= 0.3 is 0 Å². The van der Waals surface area contributed by atoms with Crippen LogP contribution in [0.5, 0.6) is 0 Å². The molecule has 0 aliphatic heterocycles. The van der Waals surface area contributed by atoms with Gasteiger partial charge in [0, 0.05) is 18.5 Å². The van der Waals surface area contributed by atoms with Crippen LogP contribution in [0.3, 0.4) is 0 Å². The van der Waals surface area contributed by atoms with Gasteiger partial charge in [-0.2, -0.15) is 5.10 Å². The maximum absolute atomic E-state index is 5.78. The standard InChI is InChI=1S/C14H15N5/c15-13-6-11(12-9-17-19-14(12)18-13)8-16-7-10-4-2-1-3-5-10/h1-6,9,16H,7-8H2,(H3,15,17,18,19). The smallest absolute Gasteiger partial charge is 0.157 e. The molecule has 0 spiro atoms. The van der Waals surface area contributed by atoms with E-state index in [1.54, 1.807) is 6.20 Å². The van der Waals surface area contributed by atoms with Gasteiger partial charge in [0.25, 0.3) is 0 Å². The van der Waals surface area contributed by atoms with Crippen LogP contribution in [-0.4, -0.2) is 15.2 Å². The van der Waals surface area contributed by atoms with Crippen molar-refractivity contribution in [3.63, 3.8) is 0 Å². The fourth-order valence-electron chi connectivity index (χ4n) is 2.10. The minimum absolute atomic E-state index is 0.508. The minimum atomic E-state index is 0.508. The van der Waals surface area contributed by atoms with Crippen molar-refractivity contribution < 1.29 is 0 Å². The van der Waals surface area contributed by atoms with Gasteiger partial charge in [0.1, 0.15) is 5.82 Å². The average molecular weight is 253 g/mol. The van der Waals surface area contributed by atoms with Crippen LogP contribution >= 0.6 is 0 Å². The monoisotopic (exact) mass is 253 g/mol. The zero-order valence-corrected chi connectivity index (χ0v) is 10.4. The lowest BCUT2D eigenvalue weighted by atomic mass is 10.1. The molecule has 0 aliphatic carbocycles. The molecule has 3 aromatic rings. The van der Waals surface area contributed by atoms with Crippen molar-refractivity contribution in [2.24, 2.45) is 0 Å². The molecule has 0 atom stereocenters. The number of nitrogens with two attached hydrogens (primary N) is 1. The molecule has 19 heavy (non-hydrogen) atoms. The van der Waals surface area contributed by atoms with Gasteiger partial charge in [0.2, 0.25) is 0 Å². The summed E-state index contributed by atoms with van der Waals surface area (Å²) >= 11 is 0. The number of hydrogen-bond acceptors (Lipinski definition) is 4. The summed E-state index contributed by atoms with van der Waals surface area (Å²) in [6.07, 6.45) is 1.78. The molecule has 0 saturated heterocycles. The number of nitrogen functional groups attached to an aromatic ring is 1. The maximum Gasteiger partial charge on any atom is 0.157 e. The van der Waals surface area contributed by atoms with E-state index in [0.717, 1.165) is 29.7 Å². The highest BCUT2D eigenvalue weighted by Gasteiger charge is 2.05. The second-order valence-electron chi connectivity index (χ2n) is 4.43. The number of pyridine rings is 1. The first-order valence-electron chi connectivity index (χ1n) is 6.16. The van der Waals surface area contributed by atoms with E-state index in [1.165, 1.54) is 5.56 Å². The van der Waals surface area contributed by atoms with Crippen molar-refractivity contribution in [1.29, 1.82) is 0 Å². The molecule has 3 rings (SSSR count). The third-order valence-electron chi connectivity index (χ3n) is 3.02. The molecule has 1 aromatic carbocycles. The summed E-state index contributed by atoms with van der Waals surface area (Å²) < 4.78 is 0. The van der Waals surface area contributed by atoms with E-state index in [1.807, 2.05) is 24.3 Å². The van der Waals surface area contributed by atoms with Crippen molar-refractivity contribution in [1.82, 2.24) is 20.5 Å². The molecule has 0 unspecified atom stereocenters. The van der Waals surface area contributed by atoms with Crippen LogP contribution in [-0.2, 0) is 13.1 Å². The highest BCUT2D eigenvalue weighted by atomic mass is 15.1. The molecule has 5 nitrogen and oxygen atoms in total. The quantitative estimate of drug-likeness (QED) is 0.662. The van der Waals surface area contributed by atoms with Gasteiger partial charge in [0.05, 0.1) is 6.20 Å². The summed E-state index contributed by atoms with van der Waals surface area (Å²) in [5.74, 6) is 0.508. The average Bonchev–Trinajstić information content (AvgIpc) is 2.88. The molecule has 2 heterocycles. The number of anilines is 1. The van der Waals surface area contributed by atoms with E-state index in [4.69, 9.17) is 5.73 Å². The molecule has 0 fully saturated rings. The van der Waals surface area contributed by atoms with Crippen LogP contribution in [0.25, 0.3) is 11.0 Å². The third-order valence-corrected chi connectivity index (χ3v) is 3.02. The van der Waals surface area contributed by atoms with E-state index in [0.29, 0.717) is 5.82 Å². The van der Waals surface area contributed by atoms with Gasteiger partial charge in [-0.25, -0.2) is 4.98 Å². The summed E-state index contributed by atoms with van der Waals surface area (Å²) in [6, 6.07) is 12.2. The van der Waals surface area contributed by atoms with Crippen molar-refractivity contribution in [2.45, 2.75) is 13.1 Å². The van der Waals surface area contributed by atoms with Crippen LogP contribution in [0.15, 0.2) is 42.6 Å². The largest absolute Gasteiger partial charge is 0.384 e. The van der Waals surface area contributed by atoms with Gasteiger partial charge < -0.3 is 11.1 Å². The van der Waals surface area contributed by atoms with Gasteiger partial charge in [0.15, 0.2) is 5.65 Å². The second kappa shape index (κ2) is 5.07. The van der Waals surface area contributed by atoms with Gasteiger partial charge in [-0.3, -0.25) is 5.10 Å². The van der Waals surface area contributed by atoms with Crippen LogP contribution in [0, 0.1) is 0 Å². The van der Waals surface area contributed by atoms with Crippen LogP contribution in [0.4, 0.5) is 5.82 Å². The Morgan fingerprint density at radius 3 is 2.84 bits per heavy atom. The number of benzene rings is 1. The zero-order chi connectivity index (χ0) is 13.1. The molecule has 2 aromatic heterocycles. The maximum atomic E-state index is 5.78. The fraction of sp³-hybridized carbons (Fsp3) is 0.143. The number of nitrogens with zero attached hydrogens (tertiary/aromatic N) is 2. The second-order valence-corrected chi connectivity index (χ2v) is 4.43. The van der Waals surface area contributed by atoms with Crippen molar-refractivity contribution in [3.8, 4) is 0 Å². The molecular weight excluding hydrogens is 238 g/mol. The lowest BCUT2D eigenvalue weighted by Crippen LogP contribution is -2.13. The van der Waals surface area contributed by atoms with E-state index in [9.17, 15) is 0 Å². The summed E-state index contributed by atoms with van der Waals surface area (Å²) in [7, 11) is 0. The number of aromatic nitrogens is 3. The highest BCUT2D eigenvalue weighted by molar-refractivity contribution is 5.79. The first-order chi connectivity index (χ1) is 9.33. The molecule has 0 radical (unpaired) electrons. The number of fused-ring (bicyclic) bond motifs is 1. The first-order valence-corrected chi connectivity index (χ1v) is 6.16. The molecule has 0 saturated carbocycles. The summed E-state index contributed by atoms with van der Waals surface area (Å²) in [5, 5.41) is 11.2. The molecule has 5 heteroatoms. The van der Waals surface area contributed by atoms with Crippen molar-refractivity contribution >= 4 is 16.9 Å². The molecule has 0 bridgehead atoms. The van der Waals surface area contributed by atoms with E-state index in [2.05, 4.69) is 32.6 Å². The number of hydrogen-bond donors (Lipinski definition) is 3. The van der Waals surface area contributed by atoms with Crippen molar-refractivity contribution in [2.75, 3.05) is 5.73 Å². The molecule has 96 valence electrons. The Morgan fingerprint density at radius 2 is 2.00 bits per heavy atom. The normalized spacial score (nSPS) is 10.9. The van der Waals surface area contributed by atoms with E-state index in [-0.39, 0.29) is 0 Å². The SMILES string of the molecule is Nc1cc(CNCc2ccccc2)c2cn[nH]c2n1. The summed E-state index contributed by atoms with van der Waals surface area (Å²) in [6.45, 7) is 1.56. The zero-order valence-electron chi connectivity index (χ0n) is 10.4. The number of rotatable bonds is 4. The fourth-order valence-corrected chi connectivity index (χ4v) is 2.10. The van der Waals surface area contributed by atoms with Crippen LogP contribution in [0.2, 0.25) is 0 Å². The highest BCUT2D eigenvalue weighted by Crippen LogP contribution is 2.17. The summed E-state index contributed by atoms with van der Waals surface area (Å²) in [4.78, 5) is 4.19. The van der Waals surface area contributed by atoms with Crippen LogP contribution < -0.4 is 11.1 Å². The lowest BCUT2D eigenvalue weighted by molar-refractivity contribution is 0.696. The Balaban J connectivity index is 1.73. The Morgan fingerprint density at radius 1 is 1.16 bits per heavy atom. The first kappa shape index (κ1) is 11.7. The summed E-state index contributed by atoms with van der Waals surface area (Å²) in [5.41, 5.74) is 8.87. The van der Waals surface area contributed by atoms with E-state index < -0.39 is 0 Å².